The average Bonchev–Trinajstić information content (AvgIpc) is 2.94. The molecule has 2 aromatic rings. The standard InChI is InChI=1S/C14H18N6OS2/c1-16-20-14(22-8-7-12-18-19-13(15)23-12)17-11(21)9-10-5-3-2-4-6-10/h2-6,16H,7-9H2,1H3,(H2,15,19)(H,17,20,21). The fourth-order valence-electron chi connectivity index (χ4n) is 1.75. The summed E-state index contributed by atoms with van der Waals surface area (Å²) >= 11 is 2.81. The molecule has 7 nitrogen and oxygen atoms in total. The van der Waals surface area contributed by atoms with Gasteiger partial charge < -0.3 is 16.5 Å². The number of rotatable bonds is 6. The Kier molecular flexibility index (Phi) is 6.82. The number of benzene rings is 1. The molecule has 0 bridgehead atoms. The number of nitrogen functional groups attached to an aromatic ring is 1. The van der Waals surface area contributed by atoms with E-state index in [4.69, 9.17) is 5.73 Å². The van der Waals surface area contributed by atoms with Crippen molar-refractivity contribution < 1.29 is 4.79 Å². The molecule has 9 heteroatoms. The summed E-state index contributed by atoms with van der Waals surface area (Å²) in [6.45, 7) is 0. The smallest absolute Gasteiger partial charge is 0.230 e. The second-order valence-electron chi connectivity index (χ2n) is 4.48. The highest BCUT2D eigenvalue weighted by Gasteiger charge is 2.09. The van der Waals surface area contributed by atoms with Gasteiger partial charge in [0.1, 0.15) is 5.01 Å². The Morgan fingerprint density at radius 2 is 2.13 bits per heavy atom. The average molecular weight is 350 g/mol. The quantitative estimate of drug-likeness (QED) is 0.411. The zero-order chi connectivity index (χ0) is 16.5. The van der Waals surface area contributed by atoms with Gasteiger partial charge in [0.15, 0.2) is 5.17 Å². The van der Waals surface area contributed by atoms with Crippen molar-refractivity contribution in [3.63, 3.8) is 0 Å². The summed E-state index contributed by atoms with van der Waals surface area (Å²) in [5, 5.41) is 16.5. The number of carbonyl (C=O) groups is 1. The van der Waals surface area contributed by atoms with E-state index in [0.717, 1.165) is 22.7 Å². The van der Waals surface area contributed by atoms with Gasteiger partial charge >= 0.3 is 0 Å². The number of anilines is 1. The van der Waals surface area contributed by atoms with Crippen LogP contribution in [0, 0.1) is 0 Å². The van der Waals surface area contributed by atoms with Crippen LogP contribution < -0.4 is 16.5 Å². The van der Waals surface area contributed by atoms with Gasteiger partial charge in [-0.2, -0.15) is 5.10 Å². The maximum absolute atomic E-state index is 12.1. The summed E-state index contributed by atoms with van der Waals surface area (Å²) in [5.74, 6) is 0.624. The fourth-order valence-corrected chi connectivity index (χ4v) is 3.31. The highest BCUT2D eigenvalue weighted by molar-refractivity contribution is 8.13. The summed E-state index contributed by atoms with van der Waals surface area (Å²) < 4.78 is 0. The Balaban J connectivity index is 1.81. The highest BCUT2D eigenvalue weighted by Crippen LogP contribution is 2.14. The fraction of sp³-hybridized carbons (Fsp3) is 0.286. The molecule has 2 rings (SSSR count). The monoisotopic (exact) mass is 350 g/mol. The van der Waals surface area contributed by atoms with Crippen LogP contribution in [0.1, 0.15) is 10.6 Å². The van der Waals surface area contributed by atoms with E-state index in [9.17, 15) is 4.79 Å². The molecule has 1 aromatic carbocycles. The van der Waals surface area contributed by atoms with E-state index in [1.165, 1.54) is 23.1 Å². The Morgan fingerprint density at radius 3 is 2.78 bits per heavy atom. The Bertz CT molecular complexity index is 658. The topological polar surface area (TPSA) is 105 Å². The third kappa shape index (κ3) is 6.25. The number of hydrogen-bond acceptors (Lipinski definition) is 8. The van der Waals surface area contributed by atoms with Gasteiger partial charge in [-0.15, -0.1) is 10.2 Å². The number of amidine groups is 1. The van der Waals surface area contributed by atoms with Crippen LogP contribution in [-0.2, 0) is 17.6 Å². The lowest BCUT2D eigenvalue weighted by Gasteiger charge is -2.08. The molecule has 0 aliphatic rings. The van der Waals surface area contributed by atoms with Crippen LogP contribution in [0.2, 0.25) is 0 Å². The van der Waals surface area contributed by atoms with E-state index in [0.29, 0.717) is 16.7 Å². The van der Waals surface area contributed by atoms with Crippen LogP contribution in [-0.4, -0.2) is 34.1 Å². The van der Waals surface area contributed by atoms with Gasteiger partial charge in [0.25, 0.3) is 0 Å². The predicted molar refractivity (Wildman–Crippen MR) is 95.3 cm³/mol. The number of nitrogens with one attached hydrogen (secondary N) is 2. The largest absolute Gasteiger partial charge is 0.374 e. The van der Waals surface area contributed by atoms with Crippen molar-refractivity contribution in [3.8, 4) is 0 Å². The molecule has 0 aliphatic heterocycles. The molecule has 0 atom stereocenters. The molecule has 0 saturated carbocycles. The van der Waals surface area contributed by atoms with E-state index in [1.54, 1.807) is 7.05 Å². The minimum atomic E-state index is -0.0992. The number of nitrogens with two attached hydrogens (primary N) is 1. The van der Waals surface area contributed by atoms with Gasteiger partial charge in [0.05, 0.1) is 6.42 Å². The number of hydrogen-bond donors (Lipinski definition) is 3. The van der Waals surface area contributed by atoms with E-state index in [1.807, 2.05) is 30.3 Å². The second kappa shape index (κ2) is 9.11. The number of hydrazone groups is 1. The first kappa shape index (κ1) is 17.2. The highest BCUT2D eigenvalue weighted by atomic mass is 32.2. The molecule has 0 saturated heterocycles. The maximum Gasteiger partial charge on any atom is 0.230 e. The number of carbonyl (C=O) groups excluding carboxylic acids is 1. The number of nitrogens with zero attached hydrogens (tertiary/aromatic N) is 3. The van der Waals surface area contributed by atoms with Crippen molar-refractivity contribution in [2.45, 2.75) is 12.8 Å². The van der Waals surface area contributed by atoms with Crippen molar-refractivity contribution in [2.24, 2.45) is 5.10 Å². The molecule has 0 unspecified atom stereocenters. The van der Waals surface area contributed by atoms with Gasteiger partial charge in [0.2, 0.25) is 11.0 Å². The van der Waals surface area contributed by atoms with Crippen LogP contribution in [0.15, 0.2) is 35.4 Å². The van der Waals surface area contributed by atoms with Crippen molar-refractivity contribution in [1.82, 2.24) is 20.9 Å². The molecule has 0 aliphatic carbocycles. The molecule has 23 heavy (non-hydrogen) atoms. The van der Waals surface area contributed by atoms with Gasteiger partial charge in [0, 0.05) is 19.2 Å². The van der Waals surface area contributed by atoms with Gasteiger partial charge in [-0.05, 0) is 5.56 Å². The molecule has 0 fully saturated rings. The van der Waals surface area contributed by atoms with Crippen LogP contribution >= 0.6 is 23.1 Å². The molecule has 1 amide bonds. The first-order valence-electron chi connectivity index (χ1n) is 6.96. The van der Waals surface area contributed by atoms with E-state index in [2.05, 4.69) is 26.0 Å². The van der Waals surface area contributed by atoms with Gasteiger partial charge in [-0.25, -0.2) is 0 Å². The normalized spacial score (nSPS) is 11.3. The number of thioether (sulfide) groups is 1. The lowest BCUT2D eigenvalue weighted by atomic mass is 10.1. The first-order valence-corrected chi connectivity index (χ1v) is 8.76. The minimum absolute atomic E-state index is 0.0992. The number of aromatic nitrogens is 2. The summed E-state index contributed by atoms with van der Waals surface area (Å²) in [7, 11) is 1.69. The van der Waals surface area contributed by atoms with Crippen LogP contribution in [0.5, 0.6) is 0 Å². The molecular formula is C14H18N6OS2. The number of amides is 1. The SMILES string of the molecule is CN/N=C(/NC(=O)Cc1ccccc1)SCCc1nnc(N)s1. The lowest BCUT2D eigenvalue weighted by Crippen LogP contribution is -2.31. The first-order chi connectivity index (χ1) is 11.2. The van der Waals surface area contributed by atoms with E-state index >= 15 is 0 Å². The summed E-state index contributed by atoms with van der Waals surface area (Å²) in [4.78, 5) is 12.1. The third-order valence-corrected chi connectivity index (χ3v) is 4.39. The molecule has 122 valence electrons. The van der Waals surface area contributed by atoms with Crippen LogP contribution in [0.4, 0.5) is 5.13 Å². The Morgan fingerprint density at radius 1 is 1.35 bits per heavy atom. The zero-order valence-electron chi connectivity index (χ0n) is 12.7. The van der Waals surface area contributed by atoms with Gasteiger partial charge in [-0.3, -0.25) is 4.79 Å². The maximum atomic E-state index is 12.1. The van der Waals surface area contributed by atoms with Crippen molar-refractivity contribution in [1.29, 1.82) is 0 Å². The summed E-state index contributed by atoms with van der Waals surface area (Å²) in [6.07, 6.45) is 1.04. The zero-order valence-corrected chi connectivity index (χ0v) is 14.3. The predicted octanol–water partition coefficient (Wildman–Crippen LogP) is 1.25. The van der Waals surface area contributed by atoms with Gasteiger partial charge in [-0.1, -0.05) is 53.4 Å². The van der Waals surface area contributed by atoms with Crippen LogP contribution in [0.25, 0.3) is 0 Å². The Labute approximate surface area is 142 Å². The lowest BCUT2D eigenvalue weighted by molar-refractivity contribution is -0.119. The van der Waals surface area contributed by atoms with E-state index < -0.39 is 0 Å². The summed E-state index contributed by atoms with van der Waals surface area (Å²) in [5.41, 5.74) is 9.20. The van der Waals surface area contributed by atoms with Crippen LogP contribution in [0.3, 0.4) is 0 Å². The van der Waals surface area contributed by atoms with Crippen molar-refractivity contribution in [2.75, 3.05) is 18.5 Å². The molecule has 4 N–H and O–H groups in total. The van der Waals surface area contributed by atoms with Crippen molar-refractivity contribution >= 4 is 39.3 Å². The molecule has 1 heterocycles. The molecule has 0 spiro atoms. The van der Waals surface area contributed by atoms with E-state index in [-0.39, 0.29) is 5.91 Å². The third-order valence-electron chi connectivity index (χ3n) is 2.70. The summed E-state index contributed by atoms with van der Waals surface area (Å²) in [6, 6.07) is 9.58. The Hall–Kier alpha value is -2.13. The van der Waals surface area contributed by atoms with Crippen molar-refractivity contribution in [3.05, 3.63) is 40.9 Å². The minimum Gasteiger partial charge on any atom is -0.374 e. The molecule has 1 aromatic heterocycles. The second-order valence-corrected chi connectivity index (χ2v) is 6.66. The number of aryl methyl sites for hydroxylation is 1. The molecule has 0 radical (unpaired) electrons. The molecular weight excluding hydrogens is 332 g/mol.